The molecule has 0 spiro atoms. The van der Waals surface area contributed by atoms with Crippen LogP contribution in [0.1, 0.15) is 50.1 Å². The van der Waals surface area contributed by atoms with Crippen molar-refractivity contribution in [3.8, 4) is 17.5 Å². The van der Waals surface area contributed by atoms with Crippen LogP contribution in [-0.4, -0.2) is 22.3 Å². The molecule has 0 radical (unpaired) electrons. The zero-order valence-corrected chi connectivity index (χ0v) is 15.7. The molecule has 0 N–H and O–H groups in total. The van der Waals surface area contributed by atoms with Crippen molar-refractivity contribution in [3.63, 3.8) is 0 Å². The zero-order chi connectivity index (χ0) is 18.8. The Morgan fingerprint density at radius 1 is 1.26 bits per heavy atom. The molecule has 0 aliphatic heterocycles. The first kappa shape index (κ1) is 17.7. The van der Waals surface area contributed by atoms with Crippen molar-refractivity contribution < 1.29 is 9.26 Å². The second-order valence-corrected chi connectivity index (χ2v) is 7.35. The molecule has 1 heterocycles. The number of aromatic nitrogens is 2. The molecule has 2 aliphatic rings. The van der Waals surface area contributed by atoms with E-state index in [0.29, 0.717) is 23.7 Å². The summed E-state index contributed by atoms with van der Waals surface area (Å²) in [4.78, 5) is 4.63. The summed E-state index contributed by atoms with van der Waals surface area (Å²) in [6.07, 6.45) is 8.91. The molecule has 138 valence electrons. The van der Waals surface area contributed by atoms with Gasteiger partial charge in [0, 0.05) is 11.1 Å². The van der Waals surface area contributed by atoms with E-state index in [0.717, 1.165) is 24.0 Å². The summed E-state index contributed by atoms with van der Waals surface area (Å²) in [5.41, 5.74) is 5.18. The van der Waals surface area contributed by atoms with Gasteiger partial charge >= 0.3 is 0 Å². The smallest absolute Gasteiger partial charge is 0.257 e. The van der Waals surface area contributed by atoms with E-state index in [1.54, 1.807) is 6.08 Å². The van der Waals surface area contributed by atoms with Gasteiger partial charge in [-0.2, -0.15) is 10.2 Å². The summed E-state index contributed by atoms with van der Waals surface area (Å²) >= 11 is 0. The average molecular weight is 361 g/mol. The van der Waals surface area contributed by atoms with Gasteiger partial charge < -0.3 is 9.26 Å². The summed E-state index contributed by atoms with van der Waals surface area (Å²) < 4.78 is 11.3. The summed E-state index contributed by atoms with van der Waals surface area (Å²) in [5, 5.41) is 13.7. The summed E-state index contributed by atoms with van der Waals surface area (Å²) in [5.74, 6) is 1.08. The lowest BCUT2D eigenvalue weighted by Crippen LogP contribution is -2.21. The molecule has 1 unspecified atom stereocenters. The molecule has 1 aromatic carbocycles. The summed E-state index contributed by atoms with van der Waals surface area (Å²) in [7, 11) is 0. The monoisotopic (exact) mass is 361 g/mol. The minimum atomic E-state index is -0.206. The number of fused-ring (bicyclic) bond motifs is 1. The number of nitriles is 1. The SMILES string of the molecule is CC(C)OC1CC=C(c2nc(-c3cccc4c3CCCC4)no2)C=C1C#N. The molecule has 0 saturated heterocycles. The van der Waals surface area contributed by atoms with Gasteiger partial charge in [-0.25, -0.2) is 0 Å². The van der Waals surface area contributed by atoms with Crippen molar-refractivity contribution in [3.05, 3.63) is 52.9 Å². The van der Waals surface area contributed by atoms with E-state index in [9.17, 15) is 5.26 Å². The number of rotatable bonds is 4. The van der Waals surface area contributed by atoms with Crippen molar-refractivity contribution in [1.82, 2.24) is 10.1 Å². The van der Waals surface area contributed by atoms with Crippen LogP contribution in [0.4, 0.5) is 0 Å². The van der Waals surface area contributed by atoms with E-state index in [2.05, 4.69) is 34.4 Å². The molecule has 0 amide bonds. The maximum absolute atomic E-state index is 9.46. The second kappa shape index (κ2) is 7.50. The van der Waals surface area contributed by atoms with Gasteiger partial charge in [-0.05, 0) is 63.2 Å². The predicted octanol–water partition coefficient (Wildman–Crippen LogP) is 4.65. The van der Waals surface area contributed by atoms with Gasteiger partial charge in [0.2, 0.25) is 5.82 Å². The minimum absolute atomic E-state index is 0.0703. The number of hydrogen-bond acceptors (Lipinski definition) is 5. The summed E-state index contributed by atoms with van der Waals surface area (Å²) in [6.45, 7) is 3.94. The number of aryl methyl sites for hydroxylation is 1. The fourth-order valence-corrected chi connectivity index (χ4v) is 3.83. The Morgan fingerprint density at radius 2 is 2.11 bits per heavy atom. The highest BCUT2D eigenvalue weighted by Crippen LogP contribution is 2.32. The molecule has 1 atom stereocenters. The van der Waals surface area contributed by atoms with E-state index >= 15 is 0 Å². The fourth-order valence-electron chi connectivity index (χ4n) is 3.83. The predicted molar refractivity (Wildman–Crippen MR) is 103 cm³/mol. The lowest BCUT2D eigenvalue weighted by Gasteiger charge is -2.21. The highest BCUT2D eigenvalue weighted by atomic mass is 16.5. The largest absolute Gasteiger partial charge is 0.370 e. The Morgan fingerprint density at radius 3 is 2.93 bits per heavy atom. The van der Waals surface area contributed by atoms with E-state index in [1.165, 1.54) is 24.0 Å². The van der Waals surface area contributed by atoms with Crippen molar-refractivity contribution in [2.45, 2.75) is 58.2 Å². The highest BCUT2D eigenvalue weighted by Gasteiger charge is 2.24. The molecule has 27 heavy (non-hydrogen) atoms. The number of hydrogen-bond donors (Lipinski definition) is 0. The lowest BCUT2D eigenvalue weighted by atomic mass is 9.88. The van der Waals surface area contributed by atoms with Gasteiger partial charge in [0.05, 0.1) is 23.9 Å². The third-order valence-corrected chi connectivity index (χ3v) is 5.09. The quantitative estimate of drug-likeness (QED) is 0.793. The molecule has 4 rings (SSSR count). The first-order valence-electron chi connectivity index (χ1n) is 9.58. The standard InChI is InChI=1S/C22H23N3O2/c1-14(2)26-20-11-10-16(12-17(20)13-23)22-24-21(25-27-22)19-9-5-7-15-6-3-4-8-18(15)19/h5,7,9-10,12,14,20H,3-4,6,8,11H2,1-2H3. The molecule has 5 heteroatoms. The Balaban J connectivity index is 1.62. The van der Waals surface area contributed by atoms with Crippen LogP contribution >= 0.6 is 0 Å². The van der Waals surface area contributed by atoms with Crippen molar-refractivity contribution in [2.24, 2.45) is 0 Å². The minimum Gasteiger partial charge on any atom is -0.370 e. The van der Waals surface area contributed by atoms with Gasteiger partial charge in [0.15, 0.2) is 0 Å². The molecule has 0 saturated carbocycles. The van der Waals surface area contributed by atoms with Crippen LogP contribution in [0.5, 0.6) is 0 Å². The molecular formula is C22H23N3O2. The molecular weight excluding hydrogens is 338 g/mol. The van der Waals surface area contributed by atoms with Gasteiger partial charge in [0.25, 0.3) is 5.89 Å². The van der Waals surface area contributed by atoms with Crippen LogP contribution < -0.4 is 0 Å². The Hall–Kier alpha value is -2.71. The first-order valence-corrected chi connectivity index (χ1v) is 9.58. The van der Waals surface area contributed by atoms with Gasteiger partial charge in [-0.1, -0.05) is 29.4 Å². The van der Waals surface area contributed by atoms with Crippen LogP contribution in [0.3, 0.4) is 0 Å². The molecule has 1 aromatic heterocycles. The maximum atomic E-state index is 9.46. The lowest BCUT2D eigenvalue weighted by molar-refractivity contribution is 0.0327. The third-order valence-electron chi connectivity index (χ3n) is 5.09. The second-order valence-electron chi connectivity index (χ2n) is 7.35. The van der Waals surface area contributed by atoms with E-state index < -0.39 is 0 Å². The highest BCUT2D eigenvalue weighted by molar-refractivity contribution is 5.74. The Kier molecular flexibility index (Phi) is 4.91. The first-order chi connectivity index (χ1) is 13.2. The third kappa shape index (κ3) is 3.58. The number of ether oxygens (including phenoxy) is 1. The average Bonchev–Trinajstić information content (AvgIpc) is 3.17. The number of benzene rings is 1. The molecule has 0 fully saturated rings. The summed E-state index contributed by atoms with van der Waals surface area (Å²) in [6, 6.07) is 8.57. The van der Waals surface area contributed by atoms with Crippen molar-refractivity contribution in [2.75, 3.05) is 0 Å². The maximum Gasteiger partial charge on any atom is 0.257 e. The molecule has 5 nitrogen and oxygen atoms in total. The van der Waals surface area contributed by atoms with Crippen LogP contribution in [0.15, 0.2) is 40.4 Å². The number of nitrogens with zero attached hydrogens (tertiary/aromatic N) is 3. The van der Waals surface area contributed by atoms with E-state index in [4.69, 9.17) is 9.26 Å². The molecule has 2 aromatic rings. The fraction of sp³-hybridized carbons (Fsp3) is 0.409. The topological polar surface area (TPSA) is 71.9 Å². The van der Waals surface area contributed by atoms with Crippen LogP contribution in [0, 0.1) is 11.3 Å². The number of allylic oxidation sites excluding steroid dienone is 2. The van der Waals surface area contributed by atoms with Crippen molar-refractivity contribution in [1.29, 1.82) is 5.26 Å². The van der Waals surface area contributed by atoms with E-state index in [-0.39, 0.29) is 12.2 Å². The Labute approximate surface area is 159 Å². The van der Waals surface area contributed by atoms with Gasteiger partial charge in [0.1, 0.15) is 0 Å². The molecule has 0 bridgehead atoms. The Bertz CT molecular complexity index is 947. The van der Waals surface area contributed by atoms with Gasteiger partial charge in [-0.3, -0.25) is 0 Å². The van der Waals surface area contributed by atoms with Crippen LogP contribution in [0.25, 0.3) is 17.0 Å². The van der Waals surface area contributed by atoms with Crippen LogP contribution in [0.2, 0.25) is 0 Å². The van der Waals surface area contributed by atoms with Crippen LogP contribution in [-0.2, 0) is 17.6 Å². The zero-order valence-electron chi connectivity index (χ0n) is 15.7. The van der Waals surface area contributed by atoms with Crippen molar-refractivity contribution >= 4 is 5.57 Å². The van der Waals surface area contributed by atoms with E-state index in [1.807, 2.05) is 19.9 Å². The normalized spacial score (nSPS) is 19.3. The molecule has 2 aliphatic carbocycles. The van der Waals surface area contributed by atoms with Gasteiger partial charge in [-0.15, -0.1) is 0 Å².